The minimum Gasteiger partial charge on any atom is -0.315 e. The number of sulfonamides is 1. The Hall–Kier alpha value is -0.920. The Labute approximate surface area is 88.5 Å². The second-order valence-electron chi connectivity index (χ2n) is 3.67. The largest absolute Gasteiger partial charge is 0.315 e. The van der Waals surface area contributed by atoms with Gasteiger partial charge in [0.05, 0.1) is 11.9 Å². The topological polar surface area (TPSA) is 86.9 Å². The molecule has 0 aromatic carbocycles. The Bertz CT molecular complexity index is 433. The standard InChI is InChI=1S/C8H14N4O2S/c1-6-8(5-10-11-6)15(13,14)12-7-2-3-9-4-7/h5,7,9,12H,2-4H2,1H3,(H,10,11). The SMILES string of the molecule is Cc1[nH]ncc1S(=O)(=O)NC1CCNC1. The lowest BCUT2D eigenvalue weighted by Gasteiger charge is -2.10. The molecule has 1 unspecified atom stereocenters. The van der Waals surface area contributed by atoms with E-state index in [-0.39, 0.29) is 10.9 Å². The zero-order valence-corrected chi connectivity index (χ0v) is 9.26. The van der Waals surface area contributed by atoms with Crippen molar-refractivity contribution >= 4 is 10.0 Å². The number of aryl methyl sites for hydroxylation is 1. The first-order valence-corrected chi connectivity index (χ1v) is 6.31. The van der Waals surface area contributed by atoms with E-state index in [1.54, 1.807) is 6.92 Å². The van der Waals surface area contributed by atoms with Gasteiger partial charge in [-0.15, -0.1) is 0 Å². The van der Waals surface area contributed by atoms with E-state index in [1.165, 1.54) is 6.20 Å². The summed E-state index contributed by atoms with van der Waals surface area (Å²) in [6.07, 6.45) is 2.16. The van der Waals surface area contributed by atoms with Crippen LogP contribution in [0.1, 0.15) is 12.1 Å². The van der Waals surface area contributed by atoms with Gasteiger partial charge in [-0.25, -0.2) is 13.1 Å². The molecule has 0 aliphatic carbocycles. The van der Waals surface area contributed by atoms with Crippen molar-refractivity contribution in [2.45, 2.75) is 24.3 Å². The molecule has 0 amide bonds. The number of nitrogens with one attached hydrogen (secondary N) is 3. The van der Waals surface area contributed by atoms with Crippen LogP contribution in [0, 0.1) is 6.92 Å². The first-order valence-electron chi connectivity index (χ1n) is 4.82. The smallest absolute Gasteiger partial charge is 0.244 e. The highest BCUT2D eigenvalue weighted by molar-refractivity contribution is 7.89. The molecule has 1 fully saturated rings. The fourth-order valence-electron chi connectivity index (χ4n) is 1.65. The third-order valence-electron chi connectivity index (χ3n) is 2.46. The van der Waals surface area contributed by atoms with E-state index < -0.39 is 10.0 Å². The maximum atomic E-state index is 11.9. The van der Waals surface area contributed by atoms with Crippen molar-refractivity contribution in [2.24, 2.45) is 0 Å². The minimum absolute atomic E-state index is 0.00991. The number of H-pyrrole nitrogens is 1. The number of nitrogens with zero attached hydrogens (tertiary/aromatic N) is 1. The Kier molecular flexibility index (Phi) is 2.76. The molecular weight excluding hydrogens is 216 g/mol. The molecule has 1 aliphatic rings. The molecule has 1 saturated heterocycles. The summed E-state index contributed by atoms with van der Waals surface area (Å²) >= 11 is 0. The van der Waals surface area contributed by atoms with Crippen LogP contribution in [0.5, 0.6) is 0 Å². The molecular formula is C8H14N4O2S. The van der Waals surface area contributed by atoms with Crippen molar-refractivity contribution in [3.05, 3.63) is 11.9 Å². The van der Waals surface area contributed by atoms with Gasteiger partial charge < -0.3 is 5.32 Å². The van der Waals surface area contributed by atoms with Crippen LogP contribution < -0.4 is 10.0 Å². The summed E-state index contributed by atoms with van der Waals surface area (Å²) in [6.45, 7) is 3.24. The van der Waals surface area contributed by atoms with Gasteiger partial charge in [-0.2, -0.15) is 5.10 Å². The van der Waals surface area contributed by atoms with Gasteiger partial charge in [0.15, 0.2) is 0 Å². The van der Waals surface area contributed by atoms with Crippen molar-refractivity contribution in [2.75, 3.05) is 13.1 Å². The Morgan fingerprint density at radius 2 is 2.40 bits per heavy atom. The lowest BCUT2D eigenvalue weighted by atomic mass is 10.3. The molecule has 7 heteroatoms. The van der Waals surface area contributed by atoms with E-state index in [2.05, 4.69) is 20.2 Å². The van der Waals surface area contributed by atoms with Gasteiger partial charge in [0, 0.05) is 12.6 Å². The van der Waals surface area contributed by atoms with Crippen molar-refractivity contribution in [3.8, 4) is 0 Å². The van der Waals surface area contributed by atoms with E-state index in [4.69, 9.17) is 0 Å². The summed E-state index contributed by atoms with van der Waals surface area (Å²) in [5.41, 5.74) is 0.563. The Morgan fingerprint density at radius 3 is 2.93 bits per heavy atom. The second kappa shape index (κ2) is 3.92. The lowest BCUT2D eigenvalue weighted by molar-refractivity contribution is 0.559. The van der Waals surface area contributed by atoms with Gasteiger partial charge in [0.2, 0.25) is 10.0 Å². The van der Waals surface area contributed by atoms with Crippen LogP contribution in [0.25, 0.3) is 0 Å². The molecule has 1 aliphatic heterocycles. The maximum absolute atomic E-state index is 11.9. The molecule has 1 aromatic rings. The summed E-state index contributed by atoms with van der Waals surface area (Å²) < 4.78 is 26.4. The average molecular weight is 230 g/mol. The zero-order chi connectivity index (χ0) is 10.9. The summed E-state index contributed by atoms with van der Waals surface area (Å²) in [7, 11) is -3.41. The van der Waals surface area contributed by atoms with Crippen LogP contribution in [0.4, 0.5) is 0 Å². The highest BCUT2D eigenvalue weighted by Crippen LogP contribution is 2.12. The van der Waals surface area contributed by atoms with Crippen LogP contribution in [-0.2, 0) is 10.0 Å². The van der Waals surface area contributed by atoms with Crippen LogP contribution in [0.15, 0.2) is 11.1 Å². The molecule has 84 valence electrons. The molecule has 6 nitrogen and oxygen atoms in total. The predicted octanol–water partition coefficient (Wildman–Crippen LogP) is -0.642. The minimum atomic E-state index is -3.41. The number of hydrogen-bond donors (Lipinski definition) is 3. The summed E-state index contributed by atoms with van der Waals surface area (Å²) in [6, 6.07) is -0.00991. The van der Waals surface area contributed by atoms with Crippen LogP contribution in [0.2, 0.25) is 0 Å². The third-order valence-corrected chi connectivity index (χ3v) is 4.09. The molecule has 0 bridgehead atoms. The van der Waals surface area contributed by atoms with E-state index in [0.29, 0.717) is 12.2 Å². The zero-order valence-electron chi connectivity index (χ0n) is 8.45. The van der Waals surface area contributed by atoms with E-state index in [1.807, 2.05) is 0 Å². The number of hydrogen-bond acceptors (Lipinski definition) is 4. The first-order chi connectivity index (χ1) is 7.09. The quantitative estimate of drug-likeness (QED) is 0.644. The van der Waals surface area contributed by atoms with E-state index >= 15 is 0 Å². The molecule has 1 aromatic heterocycles. The fraction of sp³-hybridized carbons (Fsp3) is 0.625. The molecule has 2 rings (SSSR count). The molecule has 1 atom stereocenters. The van der Waals surface area contributed by atoms with Gasteiger partial charge in [-0.05, 0) is 19.9 Å². The molecule has 0 saturated carbocycles. The highest BCUT2D eigenvalue weighted by Gasteiger charge is 2.24. The maximum Gasteiger partial charge on any atom is 0.244 e. The summed E-state index contributed by atoms with van der Waals surface area (Å²) in [4.78, 5) is 0.231. The van der Waals surface area contributed by atoms with Crippen LogP contribution in [0.3, 0.4) is 0 Å². The molecule has 3 N–H and O–H groups in total. The normalized spacial score (nSPS) is 22.1. The Morgan fingerprint density at radius 1 is 1.60 bits per heavy atom. The Balaban J connectivity index is 2.16. The van der Waals surface area contributed by atoms with E-state index in [9.17, 15) is 8.42 Å². The second-order valence-corrected chi connectivity index (χ2v) is 5.35. The number of rotatable bonds is 3. The van der Waals surface area contributed by atoms with Gasteiger partial charge in [0.1, 0.15) is 4.90 Å². The van der Waals surface area contributed by atoms with Crippen LogP contribution >= 0.6 is 0 Å². The predicted molar refractivity (Wildman–Crippen MR) is 54.9 cm³/mol. The molecule has 0 spiro atoms. The van der Waals surface area contributed by atoms with Crippen molar-refractivity contribution in [3.63, 3.8) is 0 Å². The first kappa shape index (κ1) is 10.6. The average Bonchev–Trinajstić information content (AvgIpc) is 2.75. The number of aromatic amines is 1. The van der Waals surface area contributed by atoms with Gasteiger partial charge in [-0.1, -0.05) is 0 Å². The van der Waals surface area contributed by atoms with Crippen molar-refractivity contribution in [1.29, 1.82) is 0 Å². The van der Waals surface area contributed by atoms with Crippen LogP contribution in [-0.4, -0.2) is 37.7 Å². The lowest BCUT2D eigenvalue weighted by Crippen LogP contribution is -2.36. The number of aromatic nitrogens is 2. The van der Waals surface area contributed by atoms with E-state index in [0.717, 1.165) is 13.0 Å². The van der Waals surface area contributed by atoms with Crippen molar-refractivity contribution in [1.82, 2.24) is 20.2 Å². The van der Waals surface area contributed by atoms with Crippen molar-refractivity contribution < 1.29 is 8.42 Å². The molecule has 15 heavy (non-hydrogen) atoms. The fourth-order valence-corrected chi connectivity index (χ4v) is 3.06. The monoisotopic (exact) mass is 230 g/mol. The van der Waals surface area contributed by atoms with Gasteiger partial charge in [-0.3, -0.25) is 5.10 Å². The summed E-state index contributed by atoms with van der Waals surface area (Å²) in [5, 5.41) is 9.42. The highest BCUT2D eigenvalue weighted by atomic mass is 32.2. The molecule has 0 radical (unpaired) electrons. The molecule has 2 heterocycles. The third kappa shape index (κ3) is 2.19. The van der Waals surface area contributed by atoms with Gasteiger partial charge in [0.25, 0.3) is 0 Å². The summed E-state index contributed by atoms with van der Waals surface area (Å²) in [5.74, 6) is 0. The van der Waals surface area contributed by atoms with Gasteiger partial charge >= 0.3 is 0 Å².